The largest absolute Gasteiger partial charge is 0.380 e. The quantitative estimate of drug-likeness (QED) is 0.607. The lowest BCUT2D eigenvalue weighted by molar-refractivity contribution is -0.122. The molecule has 0 bridgehead atoms. The molecule has 0 aromatic carbocycles. The molecule has 0 radical (unpaired) electrons. The van der Waals surface area contributed by atoms with Gasteiger partial charge in [-0.05, 0) is 20.3 Å². The second kappa shape index (κ2) is 9.48. The van der Waals surface area contributed by atoms with Crippen molar-refractivity contribution in [2.24, 2.45) is 5.92 Å². The van der Waals surface area contributed by atoms with Crippen LogP contribution in [0.25, 0.3) is 0 Å². The molecule has 118 valence electrons. The highest BCUT2D eigenvalue weighted by atomic mass is 16.5. The number of hydrogen-bond acceptors (Lipinski definition) is 4. The van der Waals surface area contributed by atoms with Crippen LogP contribution in [0.5, 0.6) is 0 Å². The summed E-state index contributed by atoms with van der Waals surface area (Å²) in [7, 11) is 0. The van der Waals surface area contributed by atoms with Gasteiger partial charge in [0.25, 0.3) is 0 Å². The molecular formula is C16H32N2O2. The summed E-state index contributed by atoms with van der Waals surface area (Å²) in [5.74, 6) is 0.505. The molecule has 0 unspecified atom stereocenters. The fraction of sp³-hybridized carbons (Fsp3) is 0.938. The van der Waals surface area contributed by atoms with Crippen molar-refractivity contribution in [3.8, 4) is 0 Å². The van der Waals surface area contributed by atoms with Crippen LogP contribution in [0.15, 0.2) is 0 Å². The van der Waals surface area contributed by atoms with Crippen molar-refractivity contribution >= 4 is 5.78 Å². The molecular weight excluding hydrogens is 252 g/mol. The molecule has 4 heteroatoms. The van der Waals surface area contributed by atoms with E-state index in [4.69, 9.17) is 4.74 Å². The van der Waals surface area contributed by atoms with E-state index in [9.17, 15) is 4.79 Å². The summed E-state index contributed by atoms with van der Waals surface area (Å²) in [5, 5.41) is 0. The normalized spacial score (nSPS) is 18.1. The van der Waals surface area contributed by atoms with Gasteiger partial charge in [-0.3, -0.25) is 14.6 Å². The zero-order valence-electron chi connectivity index (χ0n) is 13.7. The third kappa shape index (κ3) is 6.82. The third-order valence-corrected chi connectivity index (χ3v) is 4.04. The lowest BCUT2D eigenvalue weighted by atomic mass is 10.1. The molecule has 0 amide bonds. The van der Waals surface area contributed by atoms with E-state index in [0.717, 1.165) is 32.7 Å². The van der Waals surface area contributed by atoms with Crippen molar-refractivity contribution < 1.29 is 9.53 Å². The van der Waals surface area contributed by atoms with Crippen LogP contribution in [0.4, 0.5) is 0 Å². The second-order valence-electron chi connectivity index (χ2n) is 6.31. The maximum absolute atomic E-state index is 11.4. The zero-order chi connectivity index (χ0) is 15.0. The van der Waals surface area contributed by atoms with Gasteiger partial charge in [-0.25, -0.2) is 0 Å². The van der Waals surface area contributed by atoms with Crippen molar-refractivity contribution in [2.75, 3.05) is 45.9 Å². The number of ketones is 1. The van der Waals surface area contributed by atoms with Gasteiger partial charge in [-0.15, -0.1) is 0 Å². The van der Waals surface area contributed by atoms with Gasteiger partial charge in [-0.1, -0.05) is 13.8 Å². The third-order valence-electron chi connectivity index (χ3n) is 4.04. The van der Waals surface area contributed by atoms with Crippen LogP contribution in [-0.4, -0.2) is 67.6 Å². The fourth-order valence-electron chi connectivity index (χ4n) is 2.44. The van der Waals surface area contributed by atoms with E-state index < -0.39 is 0 Å². The van der Waals surface area contributed by atoms with Crippen LogP contribution in [0.2, 0.25) is 0 Å². The first kappa shape index (κ1) is 17.6. The van der Waals surface area contributed by atoms with Gasteiger partial charge >= 0.3 is 0 Å². The molecule has 0 atom stereocenters. The minimum absolute atomic E-state index is 0.159. The highest BCUT2D eigenvalue weighted by Gasteiger charge is 2.18. The molecule has 0 N–H and O–H groups in total. The van der Waals surface area contributed by atoms with Gasteiger partial charge in [0.15, 0.2) is 0 Å². The second-order valence-corrected chi connectivity index (χ2v) is 6.31. The number of hydrogen-bond donors (Lipinski definition) is 0. The van der Waals surface area contributed by atoms with Crippen LogP contribution in [0.1, 0.15) is 40.5 Å². The highest BCUT2D eigenvalue weighted by Crippen LogP contribution is 2.05. The van der Waals surface area contributed by atoms with Crippen LogP contribution < -0.4 is 0 Å². The van der Waals surface area contributed by atoms with E-state index >= 15 is 0 Å². The summed E-state index contributed by atoms with van der Waals surface area (Å²) in [6.45, 7) is 15.6. The number of ether oxygens (including phenoxy) is 1. The van der Waals surface area contributed by atoms with E-state index in [0.29, 0.717) is 24.9 Å². The molecule has 1 fully saturated rings. The number of carbonyl (C=O) groups is 1. The van der Waals surface area contributed by atoms with Gasteiger partial charge in [-0.2, -0.15) is 0 Å². The van der Waals surface area contributed by atoms with Crippen LogP contribution in [0, 0.1) is 5.92 Å². The molecule has 0 saturated carbocycles. The molecule has 1 aliphatic rings. The van der Waals surface area contributed by atoms with Gasteiger partial charge in [0.1, 0.15) is 5.78 Å². The molecule has 1 saturated heterocycles. The average Bonchev–Trinajstić information content (AvgIpc) is 2.42. The summed E-state index contributed by atoms with van der Waals surface area (Å²) < 4.78 is 5.63. The Morgan fingerprint density at radius 3 is 2.25 bits per heavy atom. The SMILES string of the molecule is CC(C)C(=O)CCCOCCN1CCN(C(C)C)CC1. The summed E-state index contributed by atoms with van der Waals surface area (Å²) in [4.78, 5) is 16.4. The number of piperazine rings is 1. The molecule has 0 aromatic rings. The fourth-order valence-corrected chi connectivity index (χ4v) is 2.44. The first-order valence-electron chi connectivity index (χ1n) is 8.07. The summed E-state index contributed by atoms with van der Waals surface area (Å²) >= 11 is 0. The Hall–Kier alpha value is -0.450. The van der Waals surface area contributed by atoms with Crippen LogP contribution in [-0.2, 0) is 9.53 Å². The van der Waals surface area contributed by atoms with E-state index in [1.54, 1.807) is 0 Å². The number of nitrogens with zero attached hydrogens (tertiary/aromatic N) is 2. The Labute approximate surface area is 124 Å². The molecule has 0 aliphatic carbocycles. The zero-order valence-corrected chi connectivity index (χ0v) is 13.7. The number of carbonyl (C=O) groups excluding carboxylic acids is 1. The van der Waals surface area contributed by atoms with Gasteiger partial charge in [0.2, 0.25) is 0 Å². The minimum Gasteiger partial charge on any atom is -0.380 e. The van der Waals surface area contributed by atoms with Crippen molar-refractivity contribution in [1.82, 2.24) is 9.80 Å². The summed E-state index contributed by atoms with van der Waals surface area (Å²) in [6.07, 6.45) is 1.52. The van der Waals surface area contributed by atoms with E-state index in [1.165, 1.54) is 13.1 Å². The molecule has 4 nitrogen and oxygen atoms in total. The first-order chi connectivity index (χ1) is 9.50. The predicted molar refractivity (Wildman–Crippen MR) is 83.0 cm³/mol. The van der Waals surface area contributed by atoms with Crippen LogP contribution >= 0.6 is 0 Å². The van der Waals surface area contributed by atoms with Crippen molar-refractivity contribution in [1.29, 1.82) is 0 Å². The molecule has 20 heavy (non-hydrogen) atoms. The van der Waals surface area contributed by atoms with Gasteiger partial charge in [0.05, 0.1) is 6.61 Å². The van der Waals surface area contributed by atoms with E-state index in [2.05, 4.69) is 23.6 Å². The molecule has 0 spiro atoms. The summed E-state index contributed by atoms with van der Waals surface area (Å²) in [6, 6.07) is 0.659. The minimum atomic E-state index is 0.159. The smallest absolute Gasteiger partial charge is 0.135 e. The lowest BCUT2D eigenvalue weighted by Crippen LogP contribution is -2.49. The Morgan fingerprint density at radius 1 is 1.05 bits per heavy atom. The first-order valence-corrected chi connectivity index (χ1v) is 8.07. The van der Waals surface area contributed by atoms with Crippen molar-refractivity contribution in [3.05, 3.63) is 0 Å². The summed E-state index contributed by atoms with van der Waals surface area (Å²) in [5.41, 5.74) is 0. The Morgan fingerprint density at radius 2 is 1.70 bits per heavy atom. The standard InChI is InChI=1S/C16H32N2O2/c1-14(2)16(19)6-5-12-20-13-11-17-7-9-18(10-8-17)15(3)4/h14-15H,5-13H2,1-4H3. The van der Waals surface area contributed by atoms with E-state index in [-0.39, 0.29) is 5.92 Å². The lowest BCUT2D eigenvalue weighted by Gasteiger charge is -2.36. The average molecular weight is 284 g/mol. The predicted octanol–water partition coefficient (Wildman–Crippen LogP) is 2.03. The van der Waals surface area contributed by atoms with Crippen molar-refractivity contribution in [3.63, 3.8) is 0 Å². The number of Topliss-reactive ketones (excluding diaryl/α,β-unsaturated/α-hetero) is 1. The Balaban J connectivity index is 1.96. The number of rotatable bonds is 9. The molecule has 0 aromatic heterocycles. The maximum Gasteiger partial charge on any atom is 0.135 e. The monoisotopic (exact) mass is 284 g/mol. The van der Waals surface area contributed by atoms with Crippen LogP contribution in [0.3, 0.4) is 0 Å². The van der Waals surface area contributed by atoms with Gasteiger partial charge < -0.3 is 4.74 Å². The molecule has 1 heterocycles. The van der Waals surface area contributed by atoms with E-state index in [1.807, 2.05) is 13.8 Å². The maximum atomic E-state index is 11.4. The molecule has 1 rings (SSSR count). The Kier molecular flexibility index (Phi) is 8.34. The molecule has 1 aliphatic heterocycles. The van der Waals surface area contributed by atoms with Crippen molar-refractivity contribution in [2.45, 2.75) is 46.6 Å². The Bertz CT molecular complexity index is 272. The topological polar surface area (TPSA) is 32.8 Å². The van der Waals surface area contributed by atoms with Gasteiger partial charge in [0, 0.05) is 57.7 Å². The highest BCUT2D eigenvalue weighted by molar-refractivity contribution is 5.80.